The minimum atomic E-state index is 0.300. The van der Waals surface area contributed by atoms with Gasteiger partial charge in [-0.15, -0.1) is 0 Å². The second-order valence-corrected chi connectivity index (χ2v) is 2.91. The Balaban J connectivity index is 3.15. The third kappa shape index (κ3) is 5.87. The molecule has 0 heterocycles. The maximum atomic E-state index is 3.96. The summed E-state index contributed by atoms with van der Waals surface area (Å²) in [7, 11) is 0. The van der Waals surface area contributed by atoms with Crippen molar-refractivity contribution in [1.29, 1.82) is 0 Å². The van der Waals surface area contributed by atoms with Crippen LogP contribution in [0, 0.1) is 12.3 Å². The first kappa shape index (κ1) is 6.87. The monoisotopic (exact) mass is 99.1 g/mol. The molecule has 42 valence electrons. The quantitative estimate of drug-likeness (QED) is 0.467. The van der Waals surface area contributed by atoms with E-state index in [-0.39, 0.29) is 0 Å². The van der Waals surface area contributed by atoms with E-state index >= 15 is 0 Å². The van der Waals surface area contributed by atoms with E-state index in [1.165, 1.54) is 12.8 Å². The second kappa shape index (κ2) is 2.25. The topological polar surface area (TPSA) is 0 Å². The molecule has 7 heavy (non-hydrogen) atoms. The van der Waals surface area contributed by atoms with Gasteiger partial charge in [0.15, 0.2) is 0 Å². The summed E-state index contributed by atoms with van der Waals surface area (Å²) in [5, 5.41) is 0. The van der Waals surface area contributed by atoms with Crippen LogP contribution in [0.2, 0.25) is 0 Å². The molecule has 0 rings (SSSR count). The molecule has 0 fully saturated rings. The van der Waals surface area contributed by atoms with Crippen LogP contribution in [0.4, 0.5) is 0 Å². The molecule has 0 spiro atoms. The Morgan fingerprint density at radius 1 is 1.43 bits per heavy atom. The Bertz CT molecular complexity index is 38.5. The first-order chi connectivity index (χ1) is 3.06. The summed E-state index contributed by atoms with van der Waals surface area (Å²) >= 11 is 0. The summed E-state index contributed by atoms with van der Waals surface area (Å²) in [6.07, 6.45) is 2.48. The standard InChI is InChI=1S/C7H15/c1-5-6-7(2,3)4/h2,5-6H2,1,3-4H3/q+1. The highest BCUT2D eigenvalue weighted by Crippen LogP contribution is 2.18. The maximum absolute atomic E-state index is 3.96. The first-order valence-electron chi connectivity index (χ1n) is 2.91. The highest BCUT2D eigenvalue weighted by Gasteiger charge is 2.14. The van der Waals surface area contributed by atoms with Crippen LogP contribution in [-0.4, -0.2) is 0 Å². The van der Waals surface area contributed by atoms with Crippen LogP contribution in [-0.2, 0) is 0 Å². The predicted octanol–water partition coefficient (Wildman–Crippen LogP) is 2.65. The molecule has 0 aromatic rings. The van der Waals surface area contributed by atoms with Crippen molar-refractivity contribution in [2.24, 2.45) is 5.41 Å². The summed E-state index contributed by atoms with van der Waals surface area (Å²) in [5.41, 5.74) is 0.300. The molecule has 0 aromatic carbocycles. The molecule has 0 aliphatic rings. The zero-order valence-electron chi connectivity index (χ0n) is 5.62. The van der Waals surface area contributed by atoms with Crippen molar-refractivity contribution < 1.29 is 0 Å². The lowest BCUT2D eigenvalue weighted by molar-refractivity contribution is 0.427. The highest BCUT2D eigenvalue weighted by molar-refractivity contribution is 4.68. The Labute approximate surface area is 46.9 Å². The Morgan fingerprint density at radius 2 is 1.86 bits per heavy atom. The fourth-order valence-corrected chi connectivity index (χ4v) is 0.677. The molecule has 0 nitrogen and oxygen atoms in total. The van der Waals surface area contributed by atoms with Crippen molar-refractivity contribution >= 4 is 0 Å². The van der Waals surface area contributed by atoms with Gasteiger partial charge >= 0.3 is 0 Å². The second-order valence-electron chi connectivity index (χ2n) is 2.91. The molecular formula is C7H15+. The Morgan fingerprint density at radius 3 is 1.86 bits per heavy atom. The molecule has 0 aromatic heterocycles. The molecule has 0 N–H and O–H groups in total. The van der Waals surface area contributed by atoms with Crippen LogP contribution in [0.5, 0.6) is 0 Å². The average molecular weight is 99.2 g/mol. The van der Waals surface area contributed by atoms with Gasteiger partial charge < -0.3 is 0 Å². The van der Waals surface area contributed by atoms with E-state index in [0.717, 1.165) is 0 Å². The molecule has 0 aliphatic heterocycles. The summed E-state index contributed by atoms with van der Waals surface area (Å²) in [6, 6.07) is 0. The van der Waals surface area contributed by atoms with E-state index in [4.69, 9.17) is 0 Å². The van der Waals surface area contributed by atoms with Crippen molar-refractivity contribution in [2.75, 3.05) is 0 Å². The highest BCUT2D eigenvalue weighted by atomic mass is 14.1. The molecule has 0 amide bonds. The molecule has 0 bridgehead atoms. The summed E-state index contributed by atoms with van der Waals surface area (Å²) in [5.74, 6) is 0. The van der Waals surface area contributed by atoms with Crippen molar-refractivity contribution in [2.45, 2.75) is 33.6 Å². The van der Waals surface area contributed by atoms with Crippen LogP contribution >= 0.6 is 0 Å². The van der Waals surface area contributed by atoms with Gasteiger partial charge in [-0.2, -0.15) is 0 Å². The maximum Gasteiger partial charge on any atom is 0.0997 e. The minimum Gasteiger partial charge on any atom is -0.0652 e. The Kier molecular flexibility index (Phi) is 2.21. The third-order valence-electron chi connectivity index (χ3n) is 0.927. The summed E-state index contributed by atoms with van der Waals surface area (Å²) in [6.45, 7) is 10.5. The minimum absolute atomic E-state index is 0.300. The molecule has 0 heteroatoms. The predicted molar refractivity (Wildman–Crippen MR) is 34.0 cm³/mol. The molecule has 0 saturated heterocycles. The van der Waals surface area contributed by atoms with Crippen LogP contribution in [0.25, 0.3) is 0 Å². The zero-order valence-corrected chi connectivity index (χ0v) is 5.62. The SMILES string of the molecule is [CH2+]C(C)(C)CCC. The van der Waals surface area contributed by atoms with Gasteiger partial charge in [0, 0.05) is 0 Å². The Hall–Kier alpha value is -0.130. The van der Waals surface area contributed by atoms with Gasteiger partial charge in [0.25, 0.3) is 0 Å². The molecular weight excluding hydrogens is 84.1 g/mol. The normalized spacial score (nSPS) is 11.9. The smallest absolute Gasteiger partial charge is 0.0652 e. The molecule has 0 radical (unpaired) electrons. The molecule has 0 unspecified atom stereocenters. The van der Waals surface area contributed by atoms with Crippen LogP contribution in [0.3, 0.4) is 0 Å². The van der Waals surface area contributed by atoms with Crippen LogP contribution in [0.15, 0.2) is 0 Å². The fraction of sp³-hybridized carbons (Fsp3) is 0.857. The van der Waals surface area contributed by atoms with E-state index in [0.29, 0.717) is 5.41 Å². The van der Waals surface area contributed by atoms with Gasteiger partial charge in [0.05, 0.1) is 12.3 Å². The van der Waals surface area contributed by atoms with Crippen LogP contribution in [0.1, 0.15) is 33.6 Å². The van der Waals surface area contributed by atoms with Crippen molar-refractivity contribution in [3.05, 3.63) is 6.92 Å². The number of rotatable bonds is 2. The van der Waals surface area contributed by atoms with E-state index in [2.05, 4.69) is 27.7 Å². The van der Waals surface area contributed by atoms with Crippen LogP contribution < -0.4 is 0 Å². The van der Waals surface area contributed by atoms with Gasteiger partial charge in [-0.25, -0.2) is 0 Å². The van der Waals surface area contributed by atoms with Gasteiger partial charge in [0.2, 0.25) is 0 Å². The third-order valence-corrected chi connectivity index (χ3v) is 0.927. The zero-order chi connectivity index (χ0) is 5.91. The number of hydrogen-bond acceptors (Lipinski definition) is 0. The number of hydrogen-bond donors (Lipinski definition) is 0. The van der Waals surface area contributed by atoms with E-state index in [9.17, 15) is 0 Å². The van der Waals surface area contributed by atoms with E-state index in [1.807, 2.05) is 0 Å². The van der Waals surface area contributed by atoms with Crippen molar-refractivity contribution in [3.63, 3.8) is 0 Å². The molecule has 0 saturated carbocycles. The largest absolute Gasteiger partial charge is 0.0997 e. The average Bonchev–Trinajstić information content (AvgIpc) is 1.30. The van der Waals surface area contributed by atoms with Gasteiger partial charge in [-0.1, -0.05) is 13.3 Å². The van der Waals surface area contributed by atoms with Crippen molar-refractivity contribution in [3.8, 4) is 0 Å². The summed E-state index contributed by atoms with van der Waals surface area (Å²) < 4.78 is 0. The van der Waals surface area contributed by atoms with Gasteiger partial charge in [-0.3, -0.25) is 0 Å². The summed E-state index contributed by atoms with van der Waals surface area (Å²) in [4.78, 5) is 0. The first-order valence-corrected chi connectivity index (χ1v) is 2.91. The van der Waals surface area contributed by atoms with Crippen molar-refractivity contribution in [1.82, 2.24) is 0 Å². The lowest BCUT2D eigenvalue weighted by Crippen LogP contribution is -2.03. The van der Waals surface area contributed by atoms with E-state index in [1.54, 1.807) is 0 Å². The lowest BCUT2D eigenvalue weighted by Gasteiger charge is -2.06. The lowest BCUT2D eigenvalue weighted by atomic mass is 9.91. The van der Waals surface area contributed by atoms with E-state index < -0.39 is 0 Å². The molecule has 0 aliphatic carbocycles. The molecule has 0 atom stereocenters. The van der Waals surface area contributed by atoms with Gasteiger partial charge in [0.1, 0.15) is 0 Å². The fourth-order valence-electron chi connectivity index (χ4n) is 0.677. The van der Waals surface area contributed by atoms with Gasteiger partial charge in [-0.05, 0) is 20.3 Å².